The first-order chi connectivity index (χ1) is 8.92. The minimum absolute atomic E-state index is 0.100. The van der Waals surface area contributed by atoms with Gasteiger partial charge >= 0.3 is 5.97 Å². The van der Waals surface area contributed by atoms with Crippen molar-refractivity contribution < 1.29 is 19.1 Å². The lowest BCUT2D eigenvalue weighted by atomic mass is 10.1. The molecule has 0 unspecified atom stereocenters. The van der Waals surface area contributed by atoms with E-state index in [2.05, 4.69) is 5.32 Å². The Kier molecular flexibility index (Phi) is 5.29. The summed E-state index contributed by atoms with van der Waals surface area (Å²) in [6, 6.07) is 1.89. The lowest BCUT2D eigenvalue weighted by Gasteiger charge is -2.15. The predicted octanol–water partition coefficient (Wildman–Crippen LogP) is 1.32. The number of hydrogen-bond donors (Lipinski definition) is 2. The van der Waals surface area contributed by atoms with E-state index in [1.807, 2.05) is 6.92 Å². The highest BCUT2D eigenvalue weighted by Gasteiger charge is 2.18. The van der Waals surface area contributed by atoms with Crippen molar-refractivity contribution in [1.29, 1.82) is 0 Å². The average Bonchev–Trinajstić information content (AvgIpc) is 2.26. The molecule has 104 valence electrons. The molecular formula is C13H17NO5. The second kappa shape index (κ2) is 6.72. The number of hydrogen-bond acceptors (Lipinski definition) is 4. The fourth-order valence-electron chi connectivity index (χ4n) is 1.76. The first kappa shape index (κ1) is 14.9. The van der Waals surface area contributed by atoms with Crippen LogP contribution >= 0.6 is 0 Å². The Morgan fingerprint density at radius 1 is 1.42 bits per heavy atom. The average molecular weight is 267 g/mol. The molecule has 2 N–H and O–H groups in total. The Labute approximate surface area is 110 Å². The van der Waals surface area contributed by atoms with Gasteiger partial charge in [-0.25, -0.2) is 0 Å². The van der Waals surface area contributed by atoms with Gasteiger partial charge in [0.05, 0.1) is 6.42 Å². The molecule has 0 radical (unpaired) electrons. The fraction of sp³-hybridized carbons (Fsp3) is 0.462. The SMILES string of the molecule is CCC[C@H](CC(=O)O)NC(=O)c1cc(=O)cc(C)o1. The number of aliphatic carboxylic acids is 1. The summed E-state index contributed by atoms with van der Waals surface area (Å²) in [7, 11) is 0. The number of carboxylic acid groups (broad SMARTS) is 1. The van der Waals surface area contributed by atoms with Crippen molar-refractivity contribution in [2.75, 3.05) is 0 Å². The maximum Gasteiger partial charge on any atom is 0.305 e. The molecule has 0 spiro atoms. The third-order valence-corrected chi connectivity index (χ3v) is 2.51. The second-order valence-corrected chi connectivity index (χ2v) is 4.32. The van der Waals surface area contributed by atoms with Crippen LogP contribution in [0.15, 0.2) is 21.3 Å². The molecule has 1 aromatic heterocycles. The first-order valence-electron chi connectivity index (χ1n) is 6.06. The molecule has 1 amide bonds. The van der Waals surface area contributed by atoms with Crippen molar-refractivity contribution in [2.24, 2.45) is 0 Å². The number of amides is 1. The third-order valence-electron chi connectivity index (χ3n) is 2.51. The number of carbonyl (C=O) groups excluding carboxylic acids is 1. The summed E-state index contributed by atoms with van der Waals surface area (Å²) < 4.78 is 5.14. The quantitative estimate of drug-likeness (QED) is 0.810. The highest BCUT2D eigenvalue weighted by Crippen LogP contribution is 2.05. The summed E-state index contributed by atoms with van der Waals surface area (Å²) in [5.74, 6) is -1.32. The van der Waals surface area contributed by atoms with Crippen LogP contribution in [0.1, 0.15) is 42.5 Å². The van der Waals surface area contributed by atoms with Gasteiger partial charge in [-0.3, -0.25) is 14.4 Å². The van der Waals surface area contributed by atoms with Crippen LogP contribution in [0.3, 0.4) is 0 Å². The summed E-state index contributed by atoms with van der Waals surface area (Å²) in [5.41, 5.74) is -0.320. The van der Waals surface area contributed by atoms with Gasteiger partial charge in [-0.15, -0.1) is 0 Å². The van der Waals surface area contributed by atoms with Gasteiger partial charge in [-0.1, -0.05) is 13.3 Å². The van der Waals surface area contributed by atoms with E-state index in [1.165, 1.54) is 6.07 Å². The van der Waals surface area contributed by atoms with Crippen LogP contribution in [0.4, 0.5) is 0 Å². The van der Waals surface area contributed by atoms with E-state index in [9.17, 15) is 14.4 Å². The van der Waals surface area contributed by atoms with Crippen molar-refractivity contribution in [3.8, 4) is 0 Å². The molecule has 0 bridgehead atoms. The van der Waals surface area contributed by atoms with Gasteiger partial charge in [0.1, 0.15) is 5.76 Å². The van der Waals surface area contributed by atoms with Gasteiger partial charge in [0.25, 0.3) is 5.91 Å². The van der Waals surface area contributed by atoms with E-state index in [0.717, 1.165) is 12.5 Å². The number of nitrogens with one attached hydrogen (secondary N) is 1. The predicted molar refractivity (Wildman–Crippen MR) is 68.1 cm³/mol. The topological polar surface area (TPSA) is 96.6 Å². The van der Waals surface area contributed by atoms with Crippen LogP contribution < -0.4 is 10.7 Å². The molecule has 0 aliphatic rings. The van der Waals surface area contributed by atoms with Gasteiger partial charge in [0, 0.05) is 18.2 Å². The molecule has 0 saturated heterocycles. The summed E-state index contributed by atoms with van der Waals surface area (Å²) in [5, 5.41) is 11.3. The van der Waals surface area contributed by atoms with Crippen molar-refractivity contribution in [3.63, 3.8) is 0 Å². The van der Waals surface area contributed by atoms with E-state index in [0.29, 0.717) is 12.2 Å². The molecule has 1 rings (SSSR count). The maximum absolute atomic E-state index is 11.9. The van der Waals surface area contributed by atoms with Crippen LogP contribution in [0.25, 0.3) is 0 Å². The standard InChI is InChI=1S/C13H17NO5/c1-3-4-9(6-12(16)17)14-13(18)11-7-10(15)5-8(2)19-11/h5,7,9H,3-4,6H2,1-2H3,(H,14,18)(H,16,17)/t9-/m1/s1. The summed E-state index contributed by atoms with van der Waals surface area (Å²) in [4.78, 5) is 33.8. The second-order valence-electron chi connectivity index (χ2n) is 4.32. The monoisotopic (exact) mass is 267 g/mol. The Morgan fingerprint density at radius 2 is 2.11 bits per heavy atom. The van der Waals surface area contributed by atoms with E-state index >= 15 is 0 Å². The highest BCUT2D eigenvalue weighted by molar-refractivity contribution is 5.91. The number of carbonyl (C=O) groups is 2. The first-order valence-corrected chi connectivity index (χ1v) is 6.06. The van der Waals surface area contributed by atoms with Crippen molar-refractivity contribution >= 4 is 11.9 Å². The van der Waals surface area contributed by atoms with E-state index < -0.39 is 17.9 Å². The molecule has 6 heteroatoms. The molecule has 1 atom stereocenters. The Bertz CT molecular complexity index is 520. The Morgan fingerprint density at radius 3 is 2.63 bits per heavy atom. The lowest BCUT2D eigenvalue weighted by Crippen LogP contribution is -2.36. The molecule has 1 heterocycles. The van der Waals surface area contributed by atoms with Gasteiger partial charge in [-0.05, 0) is 13.3 Å². The van der Waals surface area contributed by atoms with Gasteiger partial charge in [-0.2, -0.15) is 0 Å². The normalized spacial score (nSPS) is 11.9. The molecular weight excluding hydrogens is 250 g/mol. The number of aryl methyl sites for hydroxylation is 1. The molecule has 6 nitrogen and oxygen atoms in total. The van der Waals surface area contributed by atoms with Crippen LogP contribution in [-0.2, 0) is 4.79 Å². The molecule has 0 saturated carbocycles. The third kappa shape index (κ3) is 4.95. The van der Waals surface area contributed by atoms with Crippen molar-refractivity contribution in [1.82, 2.24) is 5.32 Å². The van der Waals surface area contributed by atoms with Crippen LogP contribution in [0.2, 0.25) is 0 Å². The number of rotatable bonds is 6. The number of carboxylic acids is 1. The van der Waals surface area contributed by atoms with Crippen molar-refractivity contribution in [3.05, 3.63) is 33.9 Å². The minimum Gasteiger partial charge on any atom is -0.481 e. The zero-order valence-electron chi connectivity index (χ0n) is 10.9. The minimum atomic E-state index is -0.982. The smallest absolute Gasteiger partial charge is 0.305 e. The van der Waals surface area contributed by atoms with E-state index in [-0.39, 0.29) is 17.6 Å². The van der Waals surface area contributed by atoms with E-state index in [4.69, 9.17) is 9.52 Å². The van der Waals surface area contributed by atoms with Crippen molar-refractivity contribution in [2.45, 2.75) is 39.2 Å². The molecule has 19 heavy (non-hydrogen) atoms. The summed E-state index contributed by atoms with van der Waals surface area (Å²) >= 11 is 0. The Hall–Kier alpha value is -2.11. The van der Waals surface area contributed by atoms with Crippen LogP contribution in [0.5, 0.6) is 0 Å². The van der Waals surface area contributed by atoms with Gasteiger partial charge in [0.2, 0.25) is 0 Å². The van der Waals surface area contributed by atoms with Crippen LogP contribution in [0, 0.1) is 6.92 Å². The molecule has 1 aromatic rings. The van der Waals surface area contributed by atoms with Crippen LogP contribution in [-0.4, -0.2) is 23.0 Å². The summed E-state index contributed by atoms with van der Waals surface area (Å²) in [6.45, 7) is 3.47. The highest BCUT2D eigenvalue weighted by atomic mass is 16.4. The molecule has 0 aromatic carbocycles. The molecule has 0 aliphatic heterocycles. The lowest BCUT2D eigenvalue weighted by molar-refractivity contribution is -0.137. The molecule has 0 aliphatic carbocycles. The van der Waals surface area contributed by atoms with Gasteiger partial charge in [0.15, 0.2) is 11.2 Å². The fourth-order valence-corrected chi connectivity index (χ4v) is 1.76. The zero-order valence-corrected chi connectivity index (χ0v) is 10.9. The largest absolute Gasteiger partial charge is 0.481 e. The van der Waals surface area contributed by atoms with E-state index in [1.54, 1.807) is 6.92 Å². The zero-order chi connectivity index (χ0) is 14.4. The Balaban J connectivity index is 2.80. The van der Waals surface area contributed by atoms with Gasteiger partial charge < -0.3 is 14.8 Å². The maximum atomic E-state index is 11.9. The summed E-state index contributed by atoms with van der Waals surface area (Å²) in [6.07, 6.45) is 1.14. The molecule has 0 fully saturated rings.